The van der Waals surface area contributed by atoms with E-state index in [1.54, 1.807) is 0 Å². The van der Waals surface area contributed by atoms with E-state index in [2.05, 4.69) is 46.4 Å². The van der Waals surface area contributed by atoms with Crippen LogP contribution in [-0.2, 0) is 16.8 Å². The first-order valence-corrected chi connectivity index (χ1v) is 7.60. The van der Waals surface area contributed by atoms with Gasteiger partial charge in [-0.05, 0) is 55.7 Å². The van der Waals surface area contributed by atoms with Crippen molar-refractivity contribution in [3.05, 3.63) is 20.2 Å². The van der Waals surface area contributed by atoms with Gasteiger partial charge in [0.05, 0.1) is 9.26 Å². The molecular formula is C13H20ClIN2O. The monoisotopic (exact) mass is 382 g/mol. The van der Waals surface area contributed by atoms with Crippen molar-refractivity contribution >= 4 is 34.2 Å². The molecule has 1 aromatic rings. The van der Waals surface area contributed by atoms with E-state index in [0.29, 0.717) is 23.5 Å². The molecule has 0 saturated heterocycles. The fourth-order valence-corrected chi connectivity index (χ4v) is 2.33. The summed E-state index contributed by atoms with van der Waals surface area (Å²) in [4.78, 5) is 8.99. The molecule has 0 amide bonds. The van der Waals surface area contributed by atoms with E-state index in [9.17, 15) is 0 Å². The van der Waals surface area contributed by atoms with Crippen LogP contribution in [0.4, 0.5) is 0 Å². The highest BCUT2D eigenvalue weighted by molar-refractivity contribution is 14.1. The zero-order valence-corrected chi connectivity index (χ0v) is 14.5. The molecule has 0 N–H and O–H groups in total. The number of nitrogens with zero attached hydrogens (tertiary/aromatic N) is 2. The Balaban J connectivity index is 3.19. The number of hydrogen-bond donors (Lipinski definition) is 0. The number of halogens is 2. The van der Waals surface area contributed by atoms with Gasteiger partial charge in [-0.1, -0.05) is 25.4 Å². The number of aromatic nitrogens is 2. The number of hydrogen-bond acceptors (Lipinski definition) is 3. The van der Waals surface area contributed by atoms with Gasteiger partial charge in [0, 0.05) is 6.61 Å². The average molecular weight is 383 g/mol. The maximum absolute atomic E-state index is 6.19. The molecule has 5 heteroatoms. The quantitative estimate of drug-likeness (QED) is 0.565. The van der Waals surface area contributed by atoms with Gasteiger partial charge in [-0.3, -0.25) is 0 Å². The molecule has 0 atom stereocenters. The molecule has 0 aliphatic carbocycles. The molecular weight excluding hydrogens is 363 g/mol. The lowest BCUT2D eigenvalue weighted by molar-refractivity contribution is -0.0210. The van der Waals surface area contributed by atoms with E-state index < -0.39 is 5.60 Å². The van der Waals surface area contributed by atoms with Crippen LogP contribution in [0.2, 0.25) is 5.15 Å². The van der Waals surface area contributed by atoms with Crippen molar-refractivity contribution < 1.29 is 4.74 Å². The summed E-state index contributed by atoms with van der Waals surface area (Å²) in [5.41, 5.74) is 0.502. The van der Waals surface area contributed by atoms with Crippen molar-refractivity contribution in [2.45, 2.75) is 46.6 Å². The Morgan fingerprint density at radius 1 is 1.33 bits per heavy atom. The van der Waals surface area contributed by atoms with Crippen molar-refractivity contribution in [2.75, 3.05) is 6.61 Å². The molecule has 0 fully saturated rings. The van der Waals surface area contributed by atoms with Crippen LogP contribution in [0.5, 0.6) is 0 Å². The van der Waals surface area contributed by atoms with Gasteiger partial charge < -0.3 is 4.74 Å². The smallest absolute Gasteiger partial charge is 0.161 e. The van der Waals surface area contributed by atoms with Crippen LogP contribution in [0.1, 0.15) is 46.1 Å². The van der Waals surface area contributed by atoms with Gasteiger partial charge in [-0.25, -0.2) is 9.97 Å². The summed E-state index contributed by atoms with van der Waals surface area (Å²) in [6, 6.07) is 0. The van der Waals surface area contributed by atoms with Crippen molar-refractivity contribution in [3.8, 4) is 0 Å². The minimum Gasteiger partial charge on any atom is -0.368 e. The van der Waals surface area contributed by atoms with Crippen molar-refractivity contribution in [1.29, 1.82) is 0 Å². The molecule has 102 valence electrons. The molecule has 0 aliphatic rings. The summed E-state index contributed by atoms with van der Waals surface area (Å²) in [5, 5.41) is 0.518. The van der Waals surface area contributed by atoms with Crippen LogP contribution in [0, 0.1) is 9.49 Å². The normalized spacial score (nSPS) is 12.2. The summed E-state index contributed by atoms with van der Waals surface area (Å²) in [7, 11) is 0. The summed E-state index contributed by atoms with van der Waals surface area (Å²) >= 11 is 8.40. The highest BCUT2D eigenvalue weighted by Gasteiger charge is 2.26. The third-order valence-corrected chi connectivity index (χ3v) is 4.25. The van der Waals surface area contributed by atoms with Gasteiger partial charge in [-0.2, -0.15) is 0 Å². The fourth-order valence-electron chi connectivity index (χ4n) is 1.68. The van der Waals surface area contributed by atoms with Gasteiger partial charge in [-0.15, -0.1) is 0 Å². The minimum absolute atomic E-state index is 0.505. The molecule has 0 spiro atoms. The summed E-state index contributed by atoms with van der Waals surface area (Å²) in [6.07, 6.45) is 0.899. The molecule has 0 radical (unpaired) electrons. The predicted octanol–water partition coefficient (Wildman–Crippen LogP) is 4.20. The summed E-state index contributed by atoms with van der Waals surface area (Å²) < 4.78 is 6.63. The zero-order valence-electron chi connectivity index (χ0n) is 11.6. The molecule has 18 heavy (non-hydrogen) atoms. The maximum atomic E-state index is 6.19. The van der Waals surface area contributed by atoms with Crippen molar-refractivity contribution in [1.82, 2.24) is 9.97 Å². The van der Waals surface area contributed by atoms with Gasteiger partial charge >= 0.3 is 0 Å². The van der Waals surface area contributed by atoms with Crippen molar-refractivity contribution in [3.63, 3.8) is 0 Å². The second-order valence-corrected chi connectivity index (χ2v) is 6.58. The van der Waals surface area contributed by atoms with E-state index in [1.807, 2.05) is 20.8 Å². The molecule has 0 saturated carbocycles. The lowest BCUT2D eigenvalue weighted by Gasteiger charge is -2.24. The van der Waals surface area contributed by atoms with E-state index in [-0.39, 0.29) is 0 Å². The maximum Gasteiger partial charge on any atom is 0.161 e. The highest BCUT2D eigenvalue weighted by atomic mass is 127. The average Bonchev–Trinajstić information content (AvgIpc) is 2.23. The van der Waals surface area contributed by atoms with Crippen LogP contribution < -0.4 is 0 Å². The molecule has 0 bridgehead atoms. The van der Waals surface area contributed by atoms with Gasteiger partial charge in [0.25, 0.3) is 0 Å². The van der Waals surface area contributed by atoms with Crippen LogP contribution in [0.25, 0.3) is 0 Å². The Morgan fingerprint density at radius 3 is 2.44 bits per heavy atom. The standard InChI is InChI=1S/C13H20ClIN2O/c1-6-18-13(4,5)12-16-9(7-8(2)3)10(15)11(14)17-12/h8H,6-7H2,1-5H3. The van der Waals surface area contributed by atoms with E-state index in [4.69, 9.17) is 16.3 Å². The van der Waals surface area contributed by atoms with E-state index in [0.717, 1.165) is 15.7 Å². The van der Waals surface area contributed by atoms with Gasteiger partial charge in [0.2, 0.25) is 0 Å². The lowest BCUT2D eigenvalue weighted by atomic mass is 10.1. The number of rotatable bonds is 5. The molecule has 1 heterocycles. The Morgan fingerprint density at radius 2 is 1.94 bits per heavy atom. The molecule has 1 rings (SSSR count). The third kappa shape index (κ3) is 4.03. The van der Waals surface area contributed by atoms with Crippen LogP contribution in [0.3, 0.4) is 0 Å². The zero-order chi connectivity index (χ0) is 13.9. The largest absolute Gasteiger partial charge is 0.368 e. The highest BCUT2D eigenvalue weighted by Crippen LogP contribution is 2.27. The molecule has 0 aromatic carbocycles. The van der Waals surface area contributed by atoms with Crippen LogP contribution in [0.15, 0.2) is 0 Å². The molecule has 1 aromatic heterocycles. The van der Waals surface area contributed by atoms with E-state index in [1.165, 1.54) is 0 Å². The third-order valence-electron chi connectivity index (χ3n) is 2.52. The number of ether oxygens (including phenoxy) is 1. The lowest BCUT2D eigenvalue weighted by Crippen LogP contribution is -2.26. The first kappa shape index (κ1) is 16.1. The summed E-state index contributed by atoms with van der Waals surface area (Å²) in [6.45, 7) is 10.9. The molecule has 0 unspecified atom stereocenters. The van der Waals surface area contributed by atoms with Gasteiger partial charge in [0.15, 0.2) is 5.82 Å². The predicted molar refractivity (Wildman–Crippen MR) is 83.0 cm³/mol. The fraction of sp³-hybridized carbons (Fsp3) is 0.692. The SMILES string of the molecule is CCOC(C)(C)c1nc(Cl)c(I)c(CC(C)C)n1. The second-order valence-electron chi connectivity index (χ2n) is 5.14. The molecule has 0 aliphatic heterocycles. The van der Waals surface area contributed by atoms with Crippen LogP contribution in [-0.4, -0.2) is 16.6 Å². The van der Waals surface area contributed by atoms with E-state index >= 15 is 0 Å². The Kier molecular flexibility index (Phi) is 5.80. The first-order valence-electron chi connectivity index (χ1n) is 6.14. The van der Waals surface area contributed by atoms with Crippen LogP contribution >= 0.6 is 34.2 Å². The second kappa shape index (κ2) is 6.48. The van der Waals surface area contributed by atoms with Gasteiger partial charge in [0.1, 0.15) is 10.8 Å². The Labute approximate surface area is 128 Å². The molecule has 3 nitrogen and oxygen atoms in total. The minimum atomic E-state index is -0.505. The first-order chi connectivity index (χ1) is 8.27. The summed E-state index contributed by atoms with van der Waals surface area (Å²) in [5.74, 6) is 1.19. The Bertz CT molecular complexity index is 422. The van der Waals surface area contributed by atoms with Crippen molar-refractivity contribution in [2.24, 2.45) is 5.92 Å². The topological polar surface area (TPSA) is 35.0 Å². The Hall–Kier alpha value is 0.0600.